The van der Waals surface area contributed by atoms with Crippen molar-refractivity contribution in [3.05, 3.63) is 22.7 Å². The topological polar surface area (TPSA) is 124 Å². The van der Waals surface area contributed by atoms with Crippen LogP contribution in [-0.2, 0) is 16.0 Å². The quantitative estimate of drug-likeness (QED) is 0.612. The zero-order valence-electron chi connectivity index (χ0n) is 16.0. The van der Waals surface area contributed by atoms with E-state index in [1.165, 1.54) is 25.7 Å². The molecule has 4 rings (SSSR count). The molecule has 9 nitrogen and oxygen atoms in total. The van der Waals surface area contributed by atoms with Crippen LogP contribution in [0, 0.1) is 5.41 Å². The molecule has 2 aromatic rings. The van der Waals surface area contributed by atoms with Gasteiger partial charge in [-0.3, -0.25) is 5.41 Å². The van der Waals surface area contributed by atoms with E-state index >= 15 is 0 Å². The van der Waals surface area contributed by atoms with Crippen LogP contribution >= 0.6 is 11.6 Å². The van der Waals surface area contributed by atoms with Crippen LogP contribution < -0.4 is 11.1 Å². The molecule has 2 aliphatic rings. The van der Waals surface area contributed by atoms with Crippen LogP contribution in [0.4, 0.5) is 5.95 Å². The largest absolute Gasteiger partial charge is 0.476 e. The Kier molecular flexibility index (Phi) is 7.05. The predicted molar refractivity (Wildman–Crippen MR) is 108 cm³/mol. The van der Waals surface area contributed by atoms with Crippen molar-refractivity contribution >= 4 is 34.5 Å². The smallest absolute Gasteiger partial charge is 0.232 e. The number of aryl methyl sites for hydroxylation is 1. The van der Waals surface area contributed by atoms with Crippen molar-refractivity contribution in [2.24, 2.45) is 5.73 Å². The van der Waals surface area contributed by atoms with Crippen molar-refractivity contribution in [2.45, 2.75) is 45.6 Å². The minimum absolute atomic E-state index is 0.0312. The van der Waals surface area contributed by atoms with Gasteiger partial charge in [0.05, 0.1) is 12.0 Å². The number of fused-ring (bicyclic) bond motifs is 1. The number of anilines is 1. The molecule has 4 heterocycles. The van der Waals surface area contributed by atoms with Gasteiger partial charge in [0.25, 0.3) is 0 Å². The average molecular weight is 408 g/mol. The molecule has 2 aliphatic heterocycles. The third kappa shape index (κ3) is 5.11. The van der Waals surface area contributed by atoms with E-state index in [1.807, 2.05) is 0 Å². The van der Waals surface area contributed by atoms with E-state index in [1.54, 1.807) is 17.8 Å². The van der Waals surface area contributed by atoms with Crippen molar-refractivity contribution in [2.75, 3.05) is 25.1 Å². The monoisotopic (exact) mass is 407 g/mol. The Balaban J connectivity index is 0.000000271. The first-order valence-electron chi connectivity index (χ1n) is 9.48. The van der Waals surface area contributed by atoms with Crippen LogP contribution in [0.3, 0.4) is 0 Å². The van der Waals surface area contributed by atoms with Crippen molar-refractivity contribution in [3.63, 3.8) is 0 Å². The zero-order chi connectivity index (χ0) is 19.9. The molecule has 28 heavy (non-hydrogen) atoms. The molecule has 0 radical (unpaired) electrons. The van der Waals surface area contributed by atoms with Gasteiger partial charge in [0.2, 0.25) is 11.8 Å². The number of nitrogens with one attached hydrogen (secondary N) is 2. The van der Waals surface area contributed by atoms with Crippen molar-refractivity contribution in [1.29, 1.82) is 5.41 Å². The molecule has 0 aliphatic carbocycles. The molecule has 0 aromatic carbocycles. The molecule has 4 N–H and O–H groups in total. The van der Waals surface area contributed by atoms with E-state index in [0.29, 0.717) is 53.1 Å². The Labute approximate surface area is 168 Å². The number of ether oxygens (including phenoxy) is 2. The Hall–Kier alpha value is -2.39. The molecule has 2 bridgehead atoms. The number of nitrogens with zero attached hydrogens (tertiary/aromatic N) is 4. The van der Waals surface area contributed by atoms with Gasteiger partial charge in [-0.25, -0.2) is 9.67 Å². The summed E-state index contributed by atoms with van der Waals surface area (Å²) in [7, 11) is 0. The third-order valence-corrected chi connectivity index (χ3v) is 4.67. The zero-order valence-corrected chi connectivity index (χ0v) is 16.8. The Bertz CT molecular complexity index is 841. The highest BCUT2D eigenvalue weighted by atomic mass is 35.5. The van der Waals surface area contributed by atoms with Gasteiger partial charge in [0, 0.05) is 38.1 Å². The highest BCUT2D eigenvalue weighted by Gasteiger charge is 2.17. The molecule has 152 valence electrons. The second-order valence-electron chi connectivity index (χ2n) is 6.69. The minimum atomic E-state index is -0.0312. The molecule has 1 saturated heterocycles. The van der Waals surface area contributed by atoms with E-state index in [2.05, 4.69) is 20.4 Å². The standard InChI is InChI=1S/C12H14ClN7O.C6H12O/c1-6(14)8-10(15)21-4-2-3-20-11-7(9(13)19-20)5-16-12(17-8)18-11;1-2-4-6-7-5-3-1/h5,15H,2-4,14H2,1H3,(H,16,17,18);1-6H2/b8-6+,15-10?;. The molecule has 0 atom stereocenters. The van der Waals surface area contributed by atoms with Crippen molar-refractivity contribution in [3.8, 4) is 0 Å². The summed E-state index contributed by atoms with van der Waals surface area (Å²) >= 11 is 6.08. The molecular formula is C18H26ClN7O2. The Morgan fingerprint density at radius 2 is 1.96 bits per heavy atom. The van der Waals surface area contributed by atoms with E-state index in [0.717, 1.165) is 13.2 Å². The maximum absolute atomic E-state index is 7.92. The van der Waals surface area contributed by atoms with Gasteiger partial charge < -0.3 is 20.5 Å². The normalized spacial score (nSPS) is 19.6. The van der Waals surface area contributed by atoms with Crippen LogP contribution in [0.15, 0.2) is 17.6 Å². The summed E-state index contributed by atoms with van der Waals surface area (Å²) in [5, 5.41) is 16.1. The Morgan fingerprint density at radius 3 is 2.68 bits per heavy atom. The van der Waals surface area contributed by atoms with E-state index in [4.69, 9.17) is 32.2 Å². The van der Waals surface area contributed by atoms with Gasteiger partial charge >= 0.3 is 0 Å². The summed E-state index contributed by atoms with van der Waals surface area (Å²) in [5.41, 5.74) is 7.21. The minimum Gasteiger partial charge on any atom is -0.476 e. The second-order valence-corrected chi connectivity index (χ2v) is 7.04. The fourth-order valence-corrected chi connectivity index (χ4v) is 3.13. The van der Waals surface area contributed by atoms with Gasteiger partial charge in [-0.15, -0.1) is 0 Å². The number of aromatic nitrogens is 4. The lowest BCUT2D eigenvalue weighted by Gasteiger charge is -2.12. The van der Waals surface area contributed by atoms with E-state index in [-0.39, 0.29) is 5.90 Å². The second kappa shape index (κ2) is 9.70. The van der Waals surface area contributed by atoms with Gasteiger partial charge in [-0.05, 0) is 19.8 Å². The van der Waals surface area contributed by atoms with Gasteiger partial charge in [-0.2, -0.15) is 10.1 Å². The molecule has 0 unspecified atom stereocenters. The summed E-state index contributed by atoms with van der Waals surface area (Å²) in [6.07, 6.45) is 7.58. The van der Waals surface area contributed by atoms with Crippen LogP contribution in [0.2, 0.25) is 5.15 Å². The maximum atomic E-state index is 7.92. The summed E-state index contributed by atoms with van der Waals surface area (Å²) in [4.78, 5) is 8.57. The van der Waals surface area contributed by atoms with Crippen molar-refractivity contribution in [1.82, 2.24) is 19.7 Å². The molecule has 10 heteroatoms. The molecule has 0 spiro atoms. The summed E-state index contributed by atoms with van der Waals surface area (Å²) in [5.74, 6) is 0.284. The number of rotatable bonds is 0. The number of allylic oxidation sites excluding steroid dienone is 1. The van der Waals surface area contributed by atoms with Crippen LogP contribution in [0.25, 0.3) is 11.0 Å². The predicted octanol–water partition coefficient (Wildman–Crippen LogP) is 3.06. The van der Waals surface area contributed by atoms with E-state index in [9.17, 15) is 0 Å². The first-order valence-corrected chi connectivity index (χ1v) is 9.86. The highest BCUT2D eigenvalue weighted by molar-refractivity contribution is 6.34. The van der Waals surface area contributed by atoms with Gasteiger partial charge in [0.1, 0.15) is 5.70 Å². The molecule has 0 saturated carbocycles. The number of hydrogen-bond donors (Lipinski definition) is 3. The van der Waals surface area contributed by atoms with Gasteiger partial charge in [0.15, 0.2) is 10.8 Å². The maximum Gasteiger partial charge on any atom is 0.232 e. The fourth-order valence-electron chi connectivity index (χ4n) is 2.91. The number of halogens is 1. The molecule has 1 fully saturated rings. The number of hydrogen-bond acceptors (Lipinski definition) is 8. The Morgan fingerprint density at radius 1 is 1.21 bits per heavy atom. The molecule has 0 amide bonds. The first kappa shape index (κ1) is 20.3. The van der Waals surface area contributed by atoms with Crippen molar-refractivity contribution < 1.29 is 9.47 Å². The average Bonchev–Trinajstić information content (AvgIpc) is 2.88. The van der Waals surface area contributed by atoms with E-state index < -0.39 is 0 Å². The SMILES string of the molecule is C/C(N)=C1\Nc2ncc3c(Cl)nn(c3n2)CCCOC1=N.C1CCCOCC1. The van der Waals surface area contributed by atoms with Crippen LogP contribution in [0.1, 0.15) is 39.0 Å². The lowest BCUT2D eigenvalue weighted by molar-refractivity contribution is 0.144. The molecular weight excluding hydrogens is 382 g/mol. The summed E-state index contributed by atoms with van der Waals surface area (Å²) < 4.78 is 12.3. The van der Waals surface area contributed by atoms with Gasteiger partial charge in [-0.1, -0.05) is 24.4 Å². The third-order valence-electron chi connectivity index (χ3n) is 4.39. The molecule has 2 aromatic heterocycles. The van der Waals surface area contributed by atoms with Crippen LogP contribution in [0.5, 0.6) is 0 Å². The summed E-state index contributed by atoms with van der Waals surface area (Å²) in [6, 6.07) is 0. The highest BCUT2D eigenvalue weighted by Crippen LogP contribution is 2.22. The number of nitrogens with two attached hydrogens (primary N) is 1. The lowest BCUT2D eigenvalue weighted by Crippen LogP contribution is -2.20. The summed E-state index contributed by atoms with van der Waals surface area (Å²) in [6.45, 7) is 4.65. The fraction of sp³-hybridized carbons (Fsp3) is 0.556. The lowest BCUT2D eigenvalue weighted by atomic mass is 10.2. The van der Waals surface area contributed by atoms with Crippen LogP contribution in [-0.4, -0.2) is 45.5 Å². The first-order chi connectivity index (χ1) is 13.6.